The van der Waals surface area contributed by atoms with E-state index in [0.29, 0.717) is 19.3 Å². The minimum Gasteiger partial charge on any atom is -0.480 e. The van der Waals surface area contributed by atoms with Crippen LogP contribution in [0.4, 0.5) is 0 Å². The lowest BCUT2D eigenvalue weighted by Crippen LogP contribution is -2.34. The summed E-state index contributed by atoms with van der Waals surface area (Å²) in [5, 5.41) is 19.0. The molecule has 5 N–H and O–H groups in total. The number of phosphoric acid groups is 1. The van der Waals surface area contributed by atoms with Gasteiger partial charge in [-0.2, -0.15) is 0 Å². The lowest BCUT2D eigenvalue weighted by molar-refractivity contribution is -0.161. The van der Waals surface area contributed by atoms with Crippen LogP contribution in [0.3, 0.4) is 0 Å². The normalized spacial score (nSPS) is 15.3. The average Bonchev–Trinajstić information content (AvgIpc) is 3.15. The number of allylic oxidation sites excluding steroid dienone is 13. The van der Waals surface area contributed by atoms with Crippen LogP contribution in [0.2, 0.25) is 0 Å². The summed E-state index contributed by atoms with van der Waals surface area (Å²) in [7, 11) is -4.75. The van der Waals surface area contributed by atoms with Crippen molar-refractivity contribution in [3.05, 3.63) is 85.1 Å². The van der Waals surface area contributed by atoms with Crippen LogP contribution in [-0.2, 0) is 37.5 Å². The summed E-state index contributed by atoms with van der Waals surface area (Å²) in [6.07, 6.45) is 39.6. The van der Waals surface area contributed by atoms with Crippen molar-refractivity contribution in [1.29, 1.82) is 0 Å². The molecule has 0 saturated heterocycles. The number of aliphatic carboxylic acids is 1. The number of hydrogen-bond donors (Lipinski definition) is 4. The highest BCUT2D eigenvalue weighted by atomic mass is 31.2. The van der Waals surface area contributed by atoms with E-state index in [4.69, 9.17) is 24.8 Å². The minimum atomic E-state index is -4.75. The summed E-state index contributed by atoms with van der Waals surface area (Å²) in [4.78, 5) is 45.8. The van der Waals surface area contributed by atoms with E-state index in [9.17, 15) is 28.9 Å². The van der Waals surface area contributed by atoms with Crippen LogP contribution >= 0.6 is 7.82 Å². The summed E-state index contributed by atoms with van der Waals surface area (Å²) >= 11 is 0. The molecule has 0 amide bonds. The zero-order valence-corrected chi connectivity index (χ0v) is 34.0. The van der Waals surface area contributed by atoms with Gasteiger partial charge >= 0.3 is 25.7 Å². The molecule has 0 aliphatic rings. The van der Waals surface area contributed by atoms with Gasteiger partial charge in [-0.25, -0.2) is 4.57 Å². The molecule has 0 fully saturated rings. The Morgan fingerprint density at radius 2 is 1.18 bits per heavy atom. The lowest BCUT2D eigenvalue weighted by atomic mass is 10.1. The number of unbranched alkanes of at least 4 members (excludes halogenated alkanes) is 6. The fraction of sp³-hybridized carbons (Fsp3) is 0.595. The highest BCUT2D eigenvalue weighted by Gasteiger charge is 2.28. The second kappa shape index (κ2) is 36.3. The van der Waals surface area contributed by atoms with Crippen molar-refractivity contribution >= 4 is 25.7 Å². The van der Waals surface area contributed by atoms with Gasteiger partial charge in [-0.3, -0.25) is 23.4 Å². The first-order valence-corrected chi connectivity index (χ1v) is 21.2. The number of aliphatic hydroxyl groups is 1. The van der Waals surface area contributed by atoms with Crippen LogP contribution in [0.25, 0.3) is 0 Å². The molecule has 0 heterocycles. The van der Waals surface area contributed by atoms with Gasteiger partial charge < -0.3 is 30.3 Å². The average molecular weight is 794 g/mol. The summed E-state index contributed by atoms with van der Waals surface area (Å²) in [5.74, 6) is -2.54. The molecule has 0 aromatic heterocycles. The van der Waals surface area contributed by atoms with Crippen LogP contribution in [0.5, 0.6) is 0 Å². The molecule has 312 valence electrons. The Labute approximate surface area is 329 Å². The van der Waals surface area contributed by atoms with E-state index < -0.39 is 63.8 Å². The maximum absolute atomic E-state index is 12.6. The van der Waals surface area contributed by atoms with Gasteiger partial charge in [0.25, 0.3) is 0 Å². The summed E-state index contributed by atoms with van der Waals surface area (Å²) in [5.41, 5.74) is 5.31. The number of aliphatic hydroxyl groups excluding tert-OH is 1. The Balaban J connectivity index is 4.60. The molecule has 0 aromatic rings. The number of carbonyl (C=O) groups is 3. The van der Waals surface area contributed by atoms with Gasteiger partial charge in [0.2, 0.25) is 0 Å². The lowest BCUT2D eigenvalue weighted by Gasteiger charge is -2.20. The molecular weight excluding hydrogens is 725 g/mol. The first-order chi connectivity index (χ1) is 26.5. The standard InChI is InChI=1S/C42H68NO11P/c1-3-5-7-9-11-12-13-14-15-16-17-18-20-24-28-32-40(45)51-34-38(35-52-55(49,50)53-36-39(43)42(47)48)54-41(46)33-29-25-21-23-27-31-37(44)30-26-22-19-10-8-6-4-2/h5-8,11-12,14-15,17-19,22,26,30,37-39,44H,3-4,9-10,13,16,20-21,23-25,27-29,31-36,43H2,1-2H3,(H,47,48)(H,49,50)/b7-5-,8-6+,12-11-,15-14-,18-17-,22-19+,30-26+/t37?,38-,39+/m1/s1. The van der Waals surface area contributed by atoms with Crippen molar-refractivity contribution in [1.82, 2.24) is 0 Å². The largest absolute Gasteiger partial charge is 0.480 e. The molecule has 0 bridgehead atoms. The van der Waals surface area contributed by atoms with Crippen LogP contribution < -0.4 is 5.73 Å². The molecule has 0 spiro atoms. The van der Waals surface area contributed by atoms with Crippen LogP contribution in [-0.4, -0.2) is 71.1 Å². The fourth-order valence-corrected chi connectivity index (χ4v) is 5.43. The Hall–Kier alpha value is -3.38. The predicted octanol–water partition coefficient (Wildman–Crippen LogP) is 8.91. The Morgan fingerprint density at radius 1 is 0.655 bits per heavy atom. The molecule has 4 atom stereocenters. The van der Waals surface area contributed by atoms with Gasteiger partial charge in [-0.1, -0.05) is 125 Å². The van der Waals surface area contributed by atoms with Gasteiger partial charge in [0, 0.05) is 12.8 Å². The zero-order valence-electron chi connectivity index (χ0n) is 33.1. The molecule has 0 aliphatic carbocycles. The third kappa shape index (κ3) is 36.0. The van der Waals surface area contributed by atoms with E-state index in [2.05, 4.69) is 79.1 Å². The van der Waals surface area contributed by atoms with Gasteiger partial charge in [-0.05, 0) is 70.6 Å². The third-order valence-corrected chi connectivity index (χ3v) is 8.69. The van der Waals surface area contributed by atoms with Gasteiger partial charge in [0.15, 0.2) is 6.10 Å². The second-order valence-corrected chi connectivity index (χ2v) is 14.3. The first kappa shape index (κ1) is 51.6. The van der Waals surface area contributed by atoms with E-state index in [1.165, 1.54) is 0 Å². The summed E-state index contributed by atoms with van der Waals surface area (Å²) in [6.45, 7) is 2.38. The van der Waals surface area contributed by atoms with Crippen molar-refractivity contribution in [2.24, 2.45) is 5.73 Å². The molecule has 0 aromatic carbocycles. The predicted molar refractivity (Wildman–Crippen MR) is 218 cm³/mol. The zero-order chi connectivity index (χ0) is 40.8. The molecule has 0 rings (SSSR count). The number of carboxylic acid groups (broad SMARTS) is 1. The van der Waals surface area contributed by atoms with Crippen molar-refractivity contribution in [3.8, 4) is 0 Å². The Morgan fingerprint density at radius 3 is 1.82 bits per heavy atom. The number of phosphoric ester groups is 1. The topological polar surface area (TPSA) is 192 Å². The molecule has 0 radical (unpaired) electrons. The van der Waals surface area contributed by atoms with Crippen molar-refractivity contribution in [2.45, 2.75) is 141 Å². The number of carboxylic acids is 1. The van der Waals surface area contributed by atoms with Crippen molar-refractivity contribution in [3.63, 3.8) is 0 Å². The number of hydrogen-bond acceptors (Lipinski definition) is 10. The molecule has 55 heavy (non-hydrogen) atoms. The molecule has 0 saturated carbocycles. The quantitative estimate of drug-likeness (QED) is 0.0157. The third-order valence-electron chi connectivity index (χ3n) is 7.74. The number of rotatable bonds is 35. The number of esters is 2. The molecule has 0 aliphatic heterocycles. The molecular formula is C42H68NO11P. The minimum absolute atomic E-state index is 0.0770. The van der Waals surface area contributed by atoms with Gasteiger partial charge in [-0.15, -0.1) is 0 Å². The molecule has 12 nitrogen and oxygen atoms in total. The van der Waals surface area contributed by atoms with Crippen LogP contribution in [0.1, 0.15) is 123 Å². The molecule has 2 unspecified atom stereocenters. The number of carbonyl (C=O) groups excluding carboxylic acids is 2. The first-order valence-electron chi connectivity index (χ1n) is 19.7. The number of nitrogens with two attached hydrogens (primary N) is 1. The monoisotopic (exact) mass is 793 g/mol. The summed E-state index contributed by atoms with van der Waals surface area (Å²) < 4.78 is 32.5. The SMILES string of the molecule is CC/C=C\C/C=C\C/C=C\C/C=C\CCCCC(=O)OC[C@H](COP(=O)(O)OC[C@H](N)C(=O)O)OC(=O)CCCCCCCC(O)/C=C/C=C/C/C=C/CC. The van der Waals surface area contributed by atoms with E-state index in [0.717, 1.165) is 77.0 Å². The van der Waals surface area contributed by atoms with Crippen molar-refractivity contribution in [2.75, 3.05) is 19.8 Å². The highest BCUT2D eigenvalue weighted by Crippen LogP contribution is 2.43. The maximum Gasteiger partial charge on any atom is 0.472 e. The highest BCUT2D eigenvalue weighted by molar-refractivity contribution is 7.47. The smallest absolute Gasteiger partial charge is 0.472 e. The van der Waals surface area contributed by atoms with Crippen LogP contribution in [0.15, 0.2) is 85.1 Å². The number of ether oxygens (including phenoxy) is 2. The van der Waals surface area contributed by atoms with Crippen molar-refractivity contribution < 1.29 is 52.6 Å². The maximum atomic E-state index is 12.6. The summed E-state index contributed by atoms with van der Waals surface area (Å²) in [6, 6.07) is -1.55. The van der Waals surface area contributed by atoms with E-state index in [1.54, 1.807) is 6.08 Å². The fourth-order valence-electron chi connectivity index (χ4n) is 4.65. The Bertz CT molecular complexity index is 1270. The van der Waals surface area contributed by atoms with Gasteiger partial charge in [0.05, 0.1) is 19.3 Å². The van der Waals surface area contributed by atoms with E-state index in [-0.39, 0.29) is 12.8 Å². The van der Waals surface area contributed by atoms with Crippen LogP contribution in [0, 0.1) is 0 Å². The Kier molecular flexibility index (Phi) is 34.0. The second-order valence-electron chi connectivity index (χ2n) is 12.8. The molecule has 13 heteroatoms. The van der Waals surface area contributed by atoms with E-state index >= 15 is 0 Å². The van der Waals surface area contributed by atoms with E-state index in [1.807, 2.05) is 18.2 Å². The van der Waals surface area contributed by atoms with Gasteiger partial charge in [0.1, 0.15) is 12.6 Å².